The van der Waals surface area contributed by atoms with Gasteiger partial charge in [-0.1, -0.05) is 0 Å². The fourth-order valence-corrected chi connectivity index (χ4v) is 3.44. The molecule has 0 aromatic carbocycles. The Hall–Kier alpha value is -1.69. The molecule has 0 saturated carbocycles. The van der Waals surface area contributed by atoms with Gasteiger partial charge in [0.2, 0.25) is 0 Å². The van der Waals surface area contributed by atoms with E-state index >= 15 is 0 Å². The zero-order valence-electron chi connectivity index (χ0n) is 11.5. The molecule has 6 heteroatoms. The van der Waals surface area contributed by atoms with Crippen LogP contribution < -0.4 is 0 Å². The first-order valence-electron chi connectivity index (χ1n) is 7.40. The average Bonchev–Trinajstić information content (AvgIpc) is 3.18. The van der Waals surface area contributed by atoms with Crippen LogP contribution in [0.5, 0.6) is 0 Å². The molecule has 4 heterocycles. The summed E-state index contributed by atoms with van der Waals surface area (Å²) in [6, 6.07) is 0.505. The lowest BCUT2D eigenvalue weighted by molar-refractivity contribution is 0.173. The molecule has 1 fully saturated rings. The van der Waals surface area contributed by atoms with Crippen LogP contribution in [0, 0.1) is 0 Å². The van der Waals surface area contributed by atoms with E-state index in [2.05, 4.69) is 24.6 Å². The van der Waals surface area contributed by atoms with E-state index in [0.717, 1.165) is 50.6 Å². The van der Waals surface area contributed by atoms with Gasteiger partial charge in [-0.3, -0.25) is 0 Å². The van der Waals surface area contributed by atoms with Crippen LogP contribution in [-0.4, -0.2) is 44.3 Å². The molecule has 1 unspecified atom stereocenters. The molecule has 6 nitrogen and oxygen atoms in total. The highest BCUT2D eigenvalue weighted by atomic mass is 16.3. The number of fused-ring (bicyclic) bond motifs is 1. The molecule has 0 N–H and O–H groups in total. The van der Waals surface area contributed by atoms with Gasteiger partial charge in [-0.05, 0) is 32.4 Å². The van der Waals surface area contributed by atoms with E-state index in [-0.39, 0.29) is 0 Å². The molecule has 0 amide bonds. The van der Waals surface area contributed by atoms with Crippen molar-refractivity contribution in [2.24, 2.45) is 0 Å². The lowest BCUT2D eigenvalue weighted by Gasteiger charge is -2.32. The fraction of sp³-hybridized carbons (Fsp3) is 0.643. The molecule has 0 radical (unpaired) electrons. The standard InChI is InChI=1S/C14H19N5O/c1-2-13-16-10-17-19(13)12(1)9-18-6-3-11(4-7-18)14-15-5-8-20-14/h5,8,10-12H,1-4,6-7,9H2. The van der Waals surface area contributed by atoms with Gasteiger partial charge in [-0.2, -0.15) is 5.10 Å². The van der Waals surface area contributed by atoms with Gasteiger partial charge in [-0.25, -0.2) is 14.6 Å². The first-order chi connectivity index (χ1) is 9.90. The zero-order chi connectivity index (χ0) is 13.4. The topological polar surface area (TPSA) is 60.0 Å². The second-order valence-electron chi connectivity index (χ2n) is 5.76. The van der Waals surface area contributed by atoms with Gasteiger partial charge < -0.3 is 9.32 Å². The van der Waals surface area contributed by atoms with E-state index in [9.17, 15) is 0 Å². The largest absolute Gasteiger partial charge is 0.449 e. The number of piperidine rings is 1. The number of hydrogen-bond acceptors (Lipinski definition) is 5. The van der Waals surface area contributed by atoms with Crippen molar-refractivity contribution < 1.29 is 4.42 Å². The van der Waals surface area contributed by atoms with Crippen LogP contribution in [-0.2, 0) is 6.42 Å². The molecule has 1 saturated heterocycles. The highest BCUT2D eigenvalue weighted by molar-refractivity contribution is 4.98. The fourth-order valence-electron chi connectivity index (χ4n) is 3.44. The third-order valence-electron chi connectivity index (χ3n) is 4.55. The second kappa shape index (κ2) is 5.01. The maximum Gasteiger partial charge on any atom is 0.197 e. The van der Waals surface area contributed by atoms with Crippen LogP contribution in [0.1, 0.15) is 42.9 Å². The normalized spacial score (nSPS) is 24.1. The van der Waals surface area contributed by atoms with Crippen molar-refractivity contribution in [1.82, 2.24) is 24.6 Å². The van der Waals surface area contributed by atoms with Gasteiger partial charge in [0, 0.05) is 18.9 Å². The van der Waals surface area contributed by atoms with E-state index in [1.165, 1.54) is 6.42 Å². The Balaban J connectivity index is 1.34. The lowest BCUT2D eigenvalue weighted by atomic mass is 9.96. The van der Waals surface area contributed by atoms with E-state index in [4.69, 9.17) is 4.42 Å². The molecule has 1 atom stereocenters. The van der Waals surface area contributed by atoms with Crippen LogP contribution >= 0.6 is 0 Å². The van der Waals surface area contributed by atoms with Gasteiger partial charge in [0.05, 0.1) is 12.2 Å². The van der Waals surface area contributed by atoms with Gasteiger partial charge >= 0.3 is 0 Å². The number of rotatable bonds is 3. The molecular formula is C14H19N5O. The maximum atomic E-state index is 5.43. The van der Waals surface area contributed by atoms with E-state index < -0.39 is 0 Å². The molecule has 0 spiro atoms. The Morgan fingerprint density at radius 1 is 1.20 bits per heavy atom. The highest BCUT2D eigenvalue weighted by Crippen LogP contribution is 2.29. The second-order valence-corrected chi connectivity index (χ2v) is 5.76. The number of nitrogens with zero attached hydrogens (tertiary/aromatic N) is 5. The molecule has 2 aromatic rings. The summed E-state index contributed by atoms with van der Waals surface area (Å²) in [5.74, 6) is 2.54. The lowest BCUT2D eigenvalue weighted by Crippen LogP contribution is -2.36. The Morgan fingerprint density at radius 3 is 2.90 bits per heavy atom. The van der Waals surface area contributed by atoms with Crippen LogP contribution in [0.15, 0.2) is 23.2 Å². The van der Waals surface area contributed by atoms with E-state index in [0.29, 0.717) is 12.0 Å². The maximum absolute atomic E-state index is 5.43. The van der Waals surface area contributed by atoms with Crippen LogP contribution in [0.2, 0.25) is 0 Å². The zero-order valence-corrected chi connectivity index (χ0v) is 11.5. The summed E-state index contributed by atoms with van der Waals surface area (Å²) >= 11 is 0. The molecule has 4 rings (SSSR count). The average molecular weight is 273 g/mol. The van der Waals surface area contributed by atoms with Gasteiger partial charge in [-0.15, -0.1) is 0 Å². The summed E-state index contributed by atoms with van der Waals surface area (Å²) < 4.78 is 7.54. The summed E-state index contributed by atoms with van der Waals surface area (Å²) in [6.07, 6.45) is 9.61. The van der Waals surface area contributed by atoms with Crippen molar-refractivity contribution in [3.63, 3.8) is 0 Å². The highest BCUT2D eigenvalue weighted by Gasteiger charge is 2.29. The van der Waals surface area contributed by atoms with Crippen molar-refractivity contribution in [3.8, 4) is 0 Å². The summed E-state index contributed by atoms with van der Waals surface area (Å²) in [6.45, 7) is 3.33. The number of oxazole rings is 1. The molecule has 2 aliphatic rings. The van der Waals surface area contributed by atoms with Crippen LogP contribution in [0.4, 0.5) is 0 Å². The predicted octanol–water partition coefficient (Wildman–Crippen LogP) is 1.63. The van der Waals surface area contributed by atoms with E-state index in [1.54, 1.807) is 18.8 Å². The Labute approximate surface area is 117 Å². The van der Waals surface area contributed by atoms with Gasteiger partial charge in [0.1, 0.15) is 18.4 Å². The quantitative estimate of drug-likeness (QED) is 0.850. The van der Waals surface area contributed by atoms with Crippen molar-refractivity contribution in [1.29, 1.82) is 0 Å². The third kappa shape index (κ3) is 2.14. The molecule has 2 aliphatic heterocycles. The summed E-state index contributed by atoms with van der Waals surface area (Å²) in [7, 11) is 0. The van der Waals surface area contributed by atoms with Crippen LogP contribution in [0.25, 0.3) is 0 Å². The Morgan fingerprint density at radius 2 is 2.10 bits per heavy atom. The minimum absolute atomic E-state index is 0.492. The minimum atomic E-state index is 0.492. The van der Waals surface area contributed by atoms with Crippen molar-refractivity contribution in [2.75, 3.05) is 19.6 Å². The number of likely N-dealkylation sites (tertiary alicyclic amines) is 1. The third-order valence-corrected chi connectivity index (χ3v) is 4.55. The molecule has 0 bridgehead atoms. The molecule has 106 valence electrons. The van der Waals surface area contributed by atoms with Crippen molar-refractivity contribution in [2.45, 2.75) is 37.6 Å². The molecular weight excluding hydrogens is 254 g/mol. The first-order valence-corrected chi connectivity index (χ1v) is 7.40. The SMILES string of the molecule is c1coc(C2CCN(CC3CCc4ncnn43)CC2)n1. The van der Waals surface area contributed by atoms with Gasteiger partial charge in [0.15, 0.2) is 5.89 Å². The van der Waals surface area contributed by atoms with Gasteiger partial charge in [0.25, 0.3) is 0 Å². The van der Waals surface area contributed by atoms with Crippen molar-refractivity contribution >= 4 is 0 Å². The Bertz CT molecular complexity index is 556. The molecule has 20 heavy (non-hydrogen) atoms. The smallest absolute Gasteiger partial charge is 0.197 e. The van der Waals surface area contributed by atoms with E-state index in [1.807, 2.05) is 0 Å². The number of aryl methyl sites for hydroxylation is 1. The molecule has 0 aliphatic carbocycles. The van der Waals surface area contributed by atoms with Crippen molar-refractivity contribution in [3.05, 3.63) is 30.5 Å². The first kappa shape index (κ1) is 12.1. The monoisotopic (exact) mass is 273 g/mol. The Kier molecular flexibility index (Phi) is 3.03. The number of hydrogen-bond donors (Lipinski definition) is 0. The summed E-state index contributed by atoms with van der Waals surface area (Å²) in [5, 5.41) is 4.35. The summed E-state index contributed by atoms with van der Waals surface area (Å²) in [4.78, 5) is 11.1. The predicted molar refractivity (Wildman–Crippen MR) is 72.3 cm³/mol. The minimum Gasteiger partial charge on any atom is -0.449 e. The summed E-state index contributed by atoms with van der Waals surface area (Å²) in [5.41, 5.74) is 0. The van der Waals surface area contributed by atoms with Crippen LogP contribution in [0.3, 0.4) is 0 Å². The molecule has 2 aromatic heterocycles. The number of aromatic nitrogens is 4.